The largest absolute Gasteiger partial charge is 0.331 e. The van der Waals surface area contributed by atoms with Gasteiger partial charge in [0.15, 0.2) is 0 Å². The summed E-state index contributed by atoms with van der Waals surface area (Å²) in [5.74, 6) is 0. The van der Waals surface area contributed by atoms with Crippen LogP contribution in [0.15, 0.2) is 0 Å². The number of nitrogens with zero attached hydrogens (tertiary/aromatic N) is 2. The van der Waals surface area contributed by atoms with Crippen molar-refractivity contribution in [1.82, 2.24) is 0 Å². The molecule has 0 radical (unpaired) electrons. The van der Waals surface area contributed by atoms with E-state index in [9.17, 15) is 0 Å². The molecule has 0 rings (SSSR count). The molecule has 0 unspecified atom stereocenters. The first kappa shape index (κ1) is 17.9. The predicted molar refractivity (Wildman–Crippen MR) is 82.7 cm³/mol. The Morgan fingerprint density at radius 3 is 1.44 bits per heavy atom. The number of rotatable bonds is 11. The second-order valence-corrected chi connectivity index (χ2v) is 7.52. The minimum absolute atomic E-state index is 1.11. The highest BCUT2D eigenvalue weighted by Gasteiger charge is 2.13. The Balaban J connectivity index is 3.46. The van der Waals surface area contributed by atoms with Crippen molar-refractivity contribution in [2.75, 3.05) is 54.9 Å². The predicted octanol–water partition coefficient (Wildman–Crippen LogP) is 3.52. The molecule has 2 heteroatoms. The van der Waals surface area contributed by atoms with E-state index in [1.54, 1.807) is 0 Å². The van der Waals surface area contributed by atoms with Gasteiger partial charge < -0.3 is 8.97 Å². The SMILES string of the molecule is CCCCC[N+](C)(C)CCCCCC[N+](C)(C)C. The lowest BCUT2D eigenvalue weighted by molar-refractivity contribution is -0.890. The van der Waals surface area contributed by atoms with Gasteiger partial charge in [0.2, 0.25) is 0 Å². The zero-order chi connectivity index (χ0) is 14.1. The van der Waals surface area contributed by atoms with Crippen molar-refractivity contribution < 1.29 is 8.97 Å². The van der Waals surface area contributed by atoms with Crippen molar-refractivity contribution in [2.24, 2.45) is 0 Å². The molecule has 0 saturated heterocycles. The first-order valence-corrected chi connectivity index (χ1v) is 7.89. The normalized spacial score (nSPS) is 13.0. The molecule has 0 amide bonds. The third-order valence-electron chi connectivity index (χ3n) is 3.71. The average Bonchev–Trinajstić information content (AvgIpc) is 2.22. The van der Waals surface area contributed by atoms with E-state index < -0.39 is 0 Å². The van der Waals surface area contributed by atoms with E-state index in [0.717, 1.165) is 4.48 Å². The van der Waals surface area contributed by atoms with Gasteiger partial charge in [-0.05, 0) is 38.5 Å². The summed E-state index contributed by atoms with van der Waals surface area (Å²) in [6.45, 7) is 6.31. The van der Waals surface area contributed by atoms with Gasteiger partial charge in [-0.25, -0.2) is 0 Å². The fourth-order valence-electron chi connectivity index (χ4n) is 2.38. The maximum atomic E-state index is 2.39. The van der Waals surface area contributed by atoms with Gasteiger partial charge in [0.1, 0.15) is 0 Å². The smallest absolute Gasteiger partial charge is 0.0782 e. The summed E-state index contributed by atoms with van der Waals surface area (Å²) in [5.41, 5.74) is 0. The van der Waals surface area contributed by atoms with Crippen LogP contribution in [-0.2, 0) is 0 Å². The van der Waals surface area contributed by atoms with Crippen LogP contribution in [0.1, 0.15) is 51.9 Å². The van der Waals surface area contributed by atoms with Crippen molar-refractivity contribution in [1.29, 1.82) is 0 Å². The van der Waals surface area contributed by atoms with Gasteiger partial charge in [-0.3, -0.25) is 0 Å². The second kappa shape index (κ2) is 8.92. The molecule has 0 saturated carbocycles. The Morgan fingerprint density at radius 2 is 1.00 bits per heavy atom. The van der Waals surface area contributed by atoms with Gasteiger partial charge in [0, 0.05) is 0 Å². The minimum Gasteiger partial charge on any atom is -0.331 e. The topological polar surface area (TPSA) is 0 Å². The molecule has 0 aromatic heterocycles. The highest BCUT2D eigenvalue weighted by Crippen LogP contribution is 2.09. The van der Waals surface area contributed by atoms with E-state index >= 15 is 0 Å². The molecule has 18 heavy (non-hydrogen) atoms. The summed E-state index contributed by atoms with van der Waals surface area (Å²) >= 11 is 0. The molecule has 0 aromatic rings. The Labute approximate surface area is 116 Å². The number of hydrogen-bond acceptors (Lipinski definition) is 0. The number of hydrogen-bond donors (Lipinski definition) is 0. The molecule has 0 aromatic carbocycles. The molecule has 0 aliphatic rings. The highest BCUT2D eigenvalue weighted by molar-refractivity contribution is 4.45. The molecule has 0 aliphatic heterocycles. The lowest BCUT2D eigenvalue weighted by Gasteiger charge is -2.30. The molecule has 0 atom stereocenters. The van der Waals surface area contributed by atoms with Crippen molar-refractivity contribution >= 4 is 0 Å². The van der Waals surface area contributed by atoms with Crippen LogP contribution < -0.4 is 0 Å². The van der Waals surface area contributed by atoms with Crippen molar-refractivity contribution in [3.63, 3.8) is 0 Å². The van der Waals surface area contributed by atoms with E-state index in [2.05, 4.69) is 42.2 Å². The standard InChI is InChI=1S/C16H38N2/c1-7-8-11-15-18(5,6)16-13-10-9-12-14-17(2,3)4/h7-16H2,1-6H3/q+2. The van der Waals surface area contributed by atoms with Crippen LogP contribution in [0.4, 0.5) is 0 Å². The summed E-state index contributed by atoms with van der Waals surface area (Å²) < 4.78 is 2.33. The molecule has 0 fully saturated rings. The van der Waals surface area contributed by atoms with Crippen LogP contribution in [0, 0.1) is 0 Å². The van der Waals surface area contributed by atoms with E-state index in [0.29, 0.717) is 0 Å². The fourth-order valence-corrected chi connectivity index (χ4v) is 2.38. The van der Waals surface area contributed by atoms with Crippen molar-refractivity contribution in [2.45, 2.75) is 51.9 Å². The Hall–Kier alpha value is -0.0800. The molecular formula is C16H38N2+2. The van der Waals surface area contributed by atoms with Gasteiger partial charge in [0.25, 0.3) is 0 Å². The second-order valence-electron chi connectivity index (χ2n) is 7.52. The van der Waals surface area contributed by atoms with Gasteiger partial charge in [-0.15, -0.1) is 0 Å². The first-order chi connectivity index (χ1) is 8.27. The lowest BCUT2D eigenvalue weighted by atomic mass is 10.1. The van der Waals surface area contributed by atoms with Crippen LogP contribution in [0.2, 0.25) is 0 Å². The van der Waals surface area contributed by atoms with Crippen LogP contribution in [0.5, 0.6) is 0 Å². The zero-order valence-electron chi connectivity index (χ0n) is 14.0. The quantitative estimate of drug-likeness (QED) is 0.393. The fraction of sp³-hybridized carbons (Fsp3) is 1.00. The summed E-state index contributed by atoms with van der Waals surface area (Å²) in [5, 5.41) is 0. The summed E-state index contributed by atoms with van der Waals surface area (Å²) in [7, 11) is 11.6. The van der Waals surface area contributed by atoms with Gasteiger partial charge in [-0.2, -0.15) is 0 Å². The van der Waals surface area contributed by atoms with E-state index in [-0.39, 0.29) is 0 Å². The third-order valence-corrected chi connectivity index (χ3v) is 3.71. The van der Waals surface area contributed by atoms with Crippen LogP contribution in [0.25, 0.3) is 0 Å². The molecule has 0 aliphatic carbocycles. The van der Waals surface area contributed by atoms with Gasteiger partial charge >= 0.3 is 0 Å². The highest BCUT2D eigenvalue weighted by atomic mass is 15.3. The molecule has 2 nitrogen and oxygen atoms in total. The minimum atomic E-state index is 1.11. The van der Waals surface area contributed by atoms with E-state index in [4.69, 9.17) is 0 Å². The number of quaternary nitrogens is 2. The third kappa shape index (κ3) is 12.4. The van der Waals surface area contributed by atoms with Crippen LogP contribution in [0.3, 0.4) is 0 Å². The monoisotopic (exact) mass is 258 g/mol. The Morgan fingerprint density at radius 1 is 0.556 bits per heavy atom. The van der Waals surface area contributed by atoms with Crippen LogP contribution in [-0.4, -0.2) is 63.8 Å². The average molecular weight is 258 g/mol. The Bertz CT molecular complexity index is 192. The van der Waals surface area contributed by atoms with E-state index in [1.807, 2.05) is 0 Å². The van der Waals surface area contributed by atoms with Gasteiger partial charge in [0.05, 0.1) is 54.9 Å². The van der Waals surface area contributed by atoms with Crippen molar-refractivity contribution in [3.05, 3.63) is 0 Å². The summed E-state index contributed by atoms with van der Waals surface area (Å²) in [4.78, 5) is 0. The molecule has 110 valence electrons. The van der Waals surface area contributed by atoms with Crippen LogP contribution >= 0.6 is 0 Å². The van der Waals surface area contributed by atoms with Gasteiger partial charge in [-0.1, -0.05) is 13.3 Å². The van der Waals surface area contributed by atoms with E-state index in [1.165, 1.54) is 69.1 Å². The molecule has 0 spiro atoms. The maximum Gasteiger partial charge on any atom is 0.0782 e. The summed E-state index contributed by atoms with van der Waals surface area (Å²) in [6.07, 6.45) is 9.73. The van der Waals surface area contributed by atoms with Crippen molar-refractivity contribution in [3.8, 4) is 0 Å². The maximum absolute atomic E-state index is 2.39. The molecular weight excluding hydrogens is 220 g/mol. The number of unbranched alkanes of at least 4 members (excludes halogenated alkanes) is 5. The molecule has 0 N–H and O–H groups in total. The summed E-state index contributed by atoms with van der Waals surface area (Å²) in [6, 6.07) is 0. The lowest BCUT2D eigenvalue weighted by Crippen LogP contribution is -2.41. The molecule has 0 heterocycles. The zero-order valence-corrected chi connectivity index (χ0v) is 14.0. The first-order valence-electron chi connectivity index (χ1n) is 7.89. The Kier molecular flexibility index (Phi) is 8.89. The molecule has 0 bridgehead atoms.